The summed E-state index contributed by atoms with van der Waals surface area (Å²) >= 11 is 0. The second kappa shape index (κ2) is 15.4. The van der Waals surface area contributed by atoms with Crippen molar-refractivity contribution in [2.75, 3.05) is 0 Å². The zero-order chi connectivity index (χ0) is 19.7. The van der Waals surface area contributed by atoms with Crippen molar-refractivity contribution >= 4 is 35.8 Å². The van der Waals surface area contributed by atoms with E-state index in [4.69, 9.17) is 30.6 Å². The minimum absolute atomic E-state index is 0.558. The first-order valence-electron chi connectivity index (χ1n) is 5.30. The molecule has 0 atom stereocenters. The van der Waals surface area contributed by atoms with Crippen LogP contribution in [0.1, 0.15) is 0 Å². The molecule has 0 bridgehead atoms. The lowest BCUT2D eigenvalue weighted by atomic mass is 10.5. The summed E-state index contributed by atoms with van der Waals surface area (Å²) in [6.07, 6.45) is 3.35. The normalized spacial score (nSPS) is 9.50. The predicted molar refractivity (Wildman–Crippen MR) is 73.2 cm³/mol. The molecule has 0 radical (unpaired) electrons. The SMILES string of the molecule is O=C(O)/C=C\C(=O)O.O=C(O)/C=C\C(=O)O.O=C(O)/C=C\C(=O)O. The van der Waals surface area contributed by atoms with Crippen molar-refractivity contribution in [3.8, 4) is 0 Å². The molecule has 0 heterocycles. The highest BCUT2D eigenvalue weighted by molar-refractivity contribution is 5.90. The van der Waals surface area contributed by atoms with E-state index in [2.05, 4.69) is 0 Å². The fourth-order valence-electron chi connectivity index (χ4n) is 0.428. The van der Waals surface area contributed by atoms with Crippen LogP contribution in [0.5, 0.6) is 0 Å². The van der Waals surface area contributed by atoms with E-state index in [0.29, 0.717) is 36.5 Å². The van der Waals surface area contributed by atoms with Crippen LogP contribution in [0.3, 0.4) is 0 Å². The van der Waals surface area contributed by atoms with Crippen LogP contribution in [0, 0.1) is 0 Å². The monoisotopic (exact) mass is 348 g/mol. The second-order valence-corrected chi connectivity index (χ2v) is 3.03. The average Bonchev–Trinajstić information content (AvgIpc) is 2.42. The molecule has 0 unspecified atom stereocenters. The van der Waals surface area contributed by atoms with Gasteiger partial charge in [0.25, 0.3) is 0 Å². The van der Waals surface area contributed by atoms with Crippen molar-refractivity contribution in [3.63, 3.8) is 0 Å². The van der Waals surface area contributed by atoms with Crippen LogP contribution in [-0.2, 0) is 28.8 Å². The van der Waals surface area contributed by atoms with Crippen molar-refractivity contribution in [1.82, 2.24) is 0 Å². The van der Waals surface area contributed by atoms with E-state index in [9.17, 15) is 28.8 Å². The minimum atomic E-state index is -1.26. The second-order valence-electron chi connectivity index (χ2n) is 3.03. The van der Waals surface area contributed by atoms with E-state index >= 15 is 0 Å². The van der Waals surface area contributed by atoms with Gasteiger partial charge in [-0.1, -0.05) is 0 Å². The van der Waals surface area contributed by atoms with Crippen LogP contribution >= 0.6 is 0 Å². The largest absolute Gasteiger partial charge is 0.478 e. The standard InChI is InChI=1S/3C4H4O4/c3*5-3(6)1-2-4(7)8/h3*1-2H,(H,5,6)(H,7,8)/b3*2-1-. The molecule has 0 saturated carbocycles. The van der Waals surface area contributed by atoms with E-state index in [-0.39, 0.29) is 0 Å². The third-order valence-electron chi connectivity index (χ3n) is 1.11. The molecule has 0 aliphatic carbocycles. The van der Waals surface area contributed by atoms with Crippen molar-refractivity contribution in [2.45, 2.75) is 0 Å². The van der Waals surface area contributed by atoms with Crippen molar-refractivity contribution < 1.29 is 59.4 Å². The fourth-order valence-corrected chi connectivity index (χ4v) is 0.428. The topological polar surface area (TPSA) is 224 Å². The molecule has 132 valence electrons. The van der Waals surface area contributed by atoms with Crippen LogP contribution in [0.4, 0.5) is 0 Å². The molecule has 0 amide bonds. The van der Waals surface area contributed by atoms with E-state index in [1.807, 2.05) is 0 Å². The summed E-state index contributed by atoms with van der Waals surface area (Å²) in [7, 11) is 0. The number of carboxylic acid groups (broad SMARTS) is 6. The van der Waals surface area contributed by atoms with Gasteiger partial charge in [0.05, 0.1) is 0 Å². The summed E-state index contributed by atoms with van der Waals surface area (Å²) in [4.78, 5) is 57.3. The Kier molecular flexibility index (Phi) is 16.1. The van der Waals surface area contributed by atoms with Crippen molar-refractivity contribution in [3.05, 3.63) is 36.5 Å². The summed E-state index contributed by atoms with van der Waals surface area (Å²) in [5.41, 5.74) is 0. The molecule has 0 saturated heterocycles. The number of carboxylic acids is 6. The molecule has 24 heavy (non-hydrogen) atoms. The van der Waals surface area contributed by atoms with Crippen LogP contribution in [0.25, 0.3) is 0 Å². The first-order valence-corrected chi connectivity index (χ1v) is 5.30. The summed E-state index contributed by atoms with van der Waals surface area (Å²) < 4.78 is 0. The van der Waals surface area contributed by atoms with Crippen LogP contribution < -0.4 is 0 Å². The fraction of sp³-hybridized carbons (Fsp3) is 0. The molecule has 0 aliphatic heterocycles. The van der Waals surface area contributed by atoms with Gasteiger partial charge in [-0.3, -0.25) is 0 Å². The highest BCUT2D eigenvalue weighted by Gasteiger charge is 1.89. The zero-order valence-corrected chi connectivity index (χ0v) is 11.6. The number of hydrogen-bond acceptors (Lipinski definition) is 6. The summed E-state index contributed by atoms with van der Waals surface area (Å²) in [6.45, 7) is 0. The number of rotatable bonds is 6. The Hall–Kier alpha value is -3.96. The Bertz CT molecular complexity index is 438. The smallest absolute Gasteiger partial charge is 0.328 e. The lowest BCUT2D eigenvalue weighted by Gasteiger charge is -1.74. The lowest BCUT2D eigenvalue weighted by Crippen LogP contribution is -1.91. The third kappa shape index (κ3) is 43.0. The number of hydrogen-bond donors (Lipinski definition) is 6. The van der Waals surface area contributed by atoms with E-state index in [1.54, 1.807) is 0 Å². The molecule has 0 aromatic carbocycles. The third-order valence-corrected chi connectivity index (χ3v) is 1.11. The van der Waals surface area contributed by atoms with E-state index in [0.717, 1.165) is 0 Å². The van der Waals surface area contributed by atoms with Gasteiger partial charge in [0.15, 0.2) is 0 Å². The molecular weight excluding hydrogens is 336 g/mol. The highest BCUT2D eigenvalue weighted by Crippen LogP contribution is 1.71. The van der Waals surface area contributed by atoms with E-state index in [1.165, 1.54) is 0 Å². The number of aliphatic carboxylic acids is 6. The molecule has 0 aromatic rings. The molecule has 0 aromatic heterocycles. The molecule has 0 fully saturated rings. The molecule has 12 heteroatoms. The number of carbonyl (C=O) groups is 6. The zero-order valence-electron chi connectivity index (χ0n) is 11.6. The maximum Gasteiger partial charge on any atom is 0.328 e. The highest BCUT2D eigenvalue weighted by atomic mass is 16.4. The lowest BCUT2D eigenvalue weighted by molar-refractivity contribution is -0.134. The Morgan fingerprint density at radius 3 is 0.458 bits per heavy atom. The Labute approximate surface area is 132 Å². The molecule has 0 spiro atoms. The Morgan fingerprint density at radius 2 is 0.417 bits per heavy atom. The summed E-state index contributed by atoms with van der Waals surface area (Å²) in [5.74, 6) is -7.54. The van der Waals surface area contributed by atoms with Gasteiger partial charge in [-0.25, -0.2) is 28.8 Å². The van der Waals surface area contributed by atoms with Gasteiger partial charge >= 0.3 is 35.8 Å². The molecular formula is C12H12O12. The van der Waals surface area contributed by atoms with Gasteiger partial charge in [-0.05, 0) is 0 Å². The molecule has 0 aliphatic rings. The quantitative estimate of drug-likeness (QED) is 0.322. The van der Waals surface area contributed by atoms with Gasteiger partial charge in [-0.2, -0.15) is 0 Å². The maximum atomic E-state index is 9.55. The van der Waals surface area contributed by atoms with Gasteiger partial charge < -0.3 is 30.6 Å². The molecule has 6 N–H and O–H groups in total. The molecule has 12 nitrogen and oxygen atoms in total. The van der Waals surface area contributed by atoms with Gasteiger partial charge in [0.2, 0.25) is 0 Å². The van der Waals surface area contributed by atoms with Crippen LogP contribution in [0.2, 0.25) is 0 Å². The summed E-state index contributed by atoms with van der Waals surface area (Å²) in [6, 6.07) is 0. The minimum Gasteiger partial charge on any atom is -0.478 e. The van der Waals surface area contributed by atoms with Crippen LogP contribution in [-0.4, -0.2) is 66.5 Å². The average molecular weight is 348 g/mol. The van der Waals surface area contributed by atoms with Gasteiger partial charge in [-0.15, -0.1) is 0 Å². The maximum absolute atomic E-state index is 9.55. The van der Waals surface area contributed by atoms with Crippen molar-refractivity contribution in [1.29, 1.82) is 0 Å². The van der Waals surface area contributed by atoms with Gasteiger partial charge in [0, 0.05) is 36.5 Å². The molecule has 0 rings (SSSR count). The summed E-state index contributed by atoms with van der Waals surface area (Å²) in [5, 5.41) is 46.9. The first kappa shape index (κ1) is 25.0. The Balaban J connectivity index is -0.000000276. The predicted octanol–water partition coefficient (Wildman–Crippen LogP) is -0.865. The first-order chi connectivity index (χ1) is 10.9. The Morgan fingerprint density at radius 1 is 0.333 bits per heavy atom. The van der Waals surface area contributed by atoms with E-state index < -0.39 is 35.8 Å². The van der Waals surface area contributed by atoms with Crippen LogP contribution in [0.15, 0.2) is 36.5 Å². The van der Waals surface area contributed by atoms with Crippen molar-refractivity contribution in [2.24, 2.45) is 0 Å². The van der Waals surface area contributed by atoms with Gasteiger partial charge in [0.1, 0.15) is 0 Å².